The Kier molecular flexibility index (Phi) is 5.48. The molecule has 0 saturated carbocycles. The van der Waals surface area contributed by atoms with Crippen molar-refractivity contribution in [2.24, 2.45) is 0 Å². The Hall–Kier alpha value is -1.91. The van der Waals surface area contributed by atoms with Crippen LogP contribution in [0.3, 0.4) is 0 Å². The number of benzene rings is 2. The van der Waals surface area contributed by atoms with Gasteiger partial charge in [0.15, 0.2) is 0 Å². The largest absolute Gasteiger partial charge is 0.322 e. The van der Waals surface area contributed by atoms with E-state index >= 15 is 0 Å². The summed E-state index contributed by atoms with van der Waals surface area (Å²) < 4.78 is 13.1. The highest BCUT2D eigenvalue weighted by Gasteiger charge is 2.12. The summed E-state index contributed by atoms with van der Waals surface area (Å²) in [7, 11) is 0. The summed E-state index contributed by atoms with van der Waals surface area (Å²) in [4.78, 5) is 14.7. The summed E-state index contributed by atoms with van der Waals surface area (Å²) in [5.74, 6) is -0.803. The third-order valence-electron chi connectivity index (χ3n) is 4.24. The van der Waals surface area contributed by atoms with Gasteiger partial charge in [-0.25, -0.2) is 4.39 Å². The molecular weight excluding hydrogens is 327 g/mol. The van der Waals surface area contributed by atoms with Crippen LogP contribution in [-0.4, -0.2) is 23.9 Å². The minimum absolute atomic E-state index is 0.106. The number of amides is 1. The first kappa shape index (κ1) is 16.9. The molecule has 3 rings (SSSR count). The molecule has 5 heteroatoms. The van der Waals surface area contributed by atoms with Gasteiger partial charge in [0.2, 0.25) is 0 Å². The molecule has 0 radical (unpaired) electrons. The second-order valence-corrected chi connectivity index (χ2v) is 6.52. The van der Waals surface area contributed by atoms with Crippen molar-refractivity contribution in [3.63, 3.8) is 0 Å². The number of piperidine rings is 1. The minimum Gasteiger partial charge on any atom is -0.322 e. The number of nitrogens with one attached hydrogen (secondary N) is 1. The first-order valence-corrected chi connectivity index (χ1v) is 8.57. The molecule has 1 saturated heterocycles. The molecule has 126 valence electrons. The molecule has 1 aliphatic rings. The number of hydrogen-bond acceptors (Lipinski definition) is 2. The van der Waals surface area contributed by atoms with E-state index in [0.29, 0.717) is 5.69 Å². The molecule has 0 unspecified atom stereocenters. The molecule has 0 aromatic heterocycles. The predicted molar refractivity (Wildman–Crippen MR) is 94.9 cm³/mol. The predicted octanol–water partition coefficient (Wildman–Crippen LogP) is 4.72. The van der Waals surface area contributed by atoms with Gasteiger partial charge in [-0.05, 0) is 61.8 Å². The fourth-order valence-corrected chi connectivity index (χ4v) is 3.19. The zero-order chi connectivity index (χ0) is 16.9. The Morgan fingerprint density at radius 1 is 1.08 bits per heavy atom. The second kappa shape index (κ2) is 7.77. The van der Waals surface area contributed by atoms with Crippen LogP contribution in [0.1, 0.15) is 35.2 Å². The van der Waals surface area contributed by atoms with Crippen molar-refractivity contribution < 1.29 is 9.18 Å². The van der Waals surface area contributed by atoms with E-state index < -0.39 is 5.82 Å². The lowest BCUT2D eigenvalue weighted by Crippen LogP contribution is -2.29. The van der Waals surface area contributed by atoms with Gasteiger partial charge >= 0.3 is 0 Å². The molecule has 1 N–H and O–H groups in total. The highest BCUT2D eigenvalue weighted by atomic mass is 35.5. The molecule has 1 fully saturated rings. The van der Waals surface area contributed by atoms with E-state index in [9.17, 15) is 9.18 Å². The van der Waals surface area contributed by atoms with E-state index in [1.165, 1.54) is 37.0 Å². The maximum absolute atomic E-state index is 13.1. The van der Waals surface area contributed by atoms with Crippen LogP contribution in [0.4, 0.5) is 10.1 Å². The van der Waals surface area contributed by atoms with Crippen LogP contribution in [0.5, 0.6) is 0 Å². The normalized spacial score (nSPS) is 15.2. The summed E-state index contributed by atoms with van der Waals surface area (Å²) in [6.45, 7) is 3.25. The van der Waals surface area contributed by atoms with E-state index in [-0.39, 0.29) is 16.5 Å². The topological polar surface area (TPSA) is 32.3 Å². The fourth-order valence-electron chi connectivity index (χ4n) is 2.94. The number of carbonyl (C=O) groups excluding carboxylic acids is 1. The summed E-state index contributed by atoms with van der Waals surface area (Å²) in [6, 6.07) is 11.6. The Bertz CT molecular complexity index is 712. The number of hydrogen-bond donors (Lipinski definition) is 1. The number of halogens is 2. The van der Waals surface area contributed by atoms with Crippen molar-refractivity contribution in [3.8, 4) is 0 Å². The van der Waals surface area contributed by atoms with Crippen molar-refractivity contribution in [2.75, 3.05) is 18.4 Å². The minimum atomic E-state index is -0.460. The van der Waals surface area contributed by atoms with Crippen LogP contribution in [-0.2, 0) is 6.54 Å². The van der Waals surface area contributed by atoms with Crippen molar-refractivity contribution in [2.45, 2.75) is 25.8 Å². The molecule has 0 aliphatic carbocycles. The highest BCUT2D eigenvalue weighted by Crippen LogP contribution is 2.20. The molecule has 1 heterocycles. The van der Waals surface area contributed by atoms with Gasteiger partial charge in [-0.15, -0.1) is 0 Å². The average molecular weight is 347 g/mol. The summed E-state index contributed by atoms with van der Waals surface area (Å²) in [5.41, 5.74) is 2.19. The van der Waals surface area contributed by atoms with Gasteiger partial charge in [-0.2, -0.15) is 0 Å². The van der Waals surface area contributed by atoms with Crippen LogP contribution in [0, 0.1) is 5.82 Å². The maximum atomic E-state index is 13.1. The van der Waals surface area contributed by atoms with Crippen LogP contribution in [0.15, 0.2) is 42.5 Å². The van der Waals surface area contributed by atoms with Gasteiger partial charge in [-0.1, -0.05) is 30.2 Å². The molecule has 1 aliphatic heterocycles. The van der Waals surface area contributed by atoms with Crippen molar-refractivity contribution in [1.82, 2.24) is 4.90 Å². The Morgan fingerprint density at radius 3 is 2.46 bits per heavy atom. The lowest BCUT2D eigenvalue weighted by molar-refractivity contribution is 0.102. The number of nitrogens with zero attached hydrogens (tertiary/aromatic N) is 1. The second-order valence-electron chi connectivity index (χ2n) is 6.11. The van der Waals surface area contributed by atoms with Crippen molar-refractivity contribution >= 4 is 23.2 Å². The lowest BCUT2D eigenvalue weighted by atomic mass is 10.1. The molecule has 24 heavy (non-hydrogen) atoms. The smallest absolute Gasteiger partial charge is 0.257 e. The SMILES string of the molecule is O=C(Nc1ccc(CN2CCCCC2)cc1)c1ccc(F)cc1Cl. The molecule has 0 spiro atoms. The van der Waals surface area contributed by atoms with Crippen molar-refractivity contribution in [1.29, 1.82) is 0 Å². The quantitative estimate of drug-likeness (QED) is 0.869. The zero-order valence-electron chi connectivity index (χ0n) is 13.4. The number of carbonyl (C=O) groups is 1. The molecule has 2 aromatic rings. The summed E-state index contributed by atoms with van der Waals surface area (Å²) in [6.07, 6.45) is 3.87. The molecule has 0 bridgehead atoms. The summed E-state index contributed by atoms with van der Waals surface area (Å²) in [5, 5.41) is 2.90. The number of rotatable bonds is 4. The van der Waals surface area contributed by atoms with E-state index in [2.05, 4.69) is 10.2 Å². The number of likely N-dealkylation sites (tertiary alicyclic amines) is 1. The Morgan fingerprint density at radius 2 is 1.79 bits per heavy atom. The first-order valence-electron chi connectivity index (χ1n) is 8.19. The monoisotopic (exact) mass is 346 g/mol. The van der Waals surface area contributed by atoms with E-state index in [0.717, 1.165) is 25.7 Å². The van der Waals surface area contributed by atoms with Crippen LogP contribution in [0.25, 0.3) is 0 Å². The standard InChI is InChI=1S/C19H20ClFN2O/c20-18-12-15(21)6-9-17(18)19(24)22-16-7-4-14(5-8-16)13-23-10-2-1-3-11-23/h4-9,12H,1-3,10-11,13H2,(H,22,24). The van der Waals surface area contributed by atoms with Crippen LogP contribution < -0.4 is 5.32 Å². The maximum Gasteiger partial charge on any atom is 0.257 e. The van der Waals surface area contributed by atoms with E-state index in [4.69, 9.17) is 11.6 Å². The summed E-state index contributed by atoms with van der Waals surface area (Å²) >= 11 is 5.92. The molecular formula is C19H20ClFN2O. The van der Waals surface area contributed by atoms with Crippen LogP contribution >= 0.6 is 11.6 Å². The van der Waals surface area contributed by atoms with Gasteiger partial charge in [0.25, 0.3) is 5.91 Å². The molecule has 0 atom stereocenters. The molecule has 1 amide bonds. The third kappa shape index (κ3) is 4.34. The Balaban J connectivity index is 1.62. The van der Waals surface area contributed by atoms with Crippen LogP contribution in [0.2, 0.25) is 5.02 Å². The molecule has 3 nitrogen and oxygen atoms in total. The fraction of sp³-hybridized carbons (Fsp3) is 0.316. The van der Waals surface area contributed by atoms with Gasteiger partial charge in [0.05, 0.1) is 10.6 Å². The van der Waals surface area contributed by atoms with Gasteiger partial charge in [0, 0.05) is 12.2 Å². The third-order valence-corrected chi connectivity index (χ3v) is 4.56. The van der Waals surface area contributed by atoms with E-state index in [1.807, 2.05) is 24.3 Å². The zero-order valence-corrected chi connectivity index (χ0v) is 14.2. The van der Waals surface area contributed by atoms with Gasteiger partial charge in [0.1, 0.15) is 5.82 Å². The van der Waals surface area contributed by atoms with Gasteiger partial charge in [-0.3, -0.25) is 9.69 Å². The molecule has 2 aromatic carbocycles. The highest BCUT2D eigenvalue weighted by molar-refractivity contribution is 6.34. The van der Waals surface area contributed by atoms with Crippen molar-refractivity contribution in [3.05, 3.63) is 64.4 Å². The van der Waals surface area contributed by atoms with Gasteiger partial charge < -0.3 is 5.32 Å². The number of anilines is 1. The first-order chi connectivity index (χ1) is 11.6. The average Bonchev–Trinajstić information content (AvgIpc) is 2.57. The lowest BCUT2D eigenvalue weighted by Gasteiger charge is -2.26. The Labute approximate surface area is 146 Å². The van der Waals surface area contributed by atoms with E-state index in [1.54, 1.807) is 0 Å².